The van der Waals surface area contributed by atoms with Crippen molar-refractivity contribution in [3.8, 4) is 11.5 Å². The first-order valence-corrected chi connectivity index (χ1v) is 10.2. The van der Waals surface area contributed by atoms with Crippen molar-refractivity contribution in [3.05, 3.63) is 59.8 Å². The van der Waals surface area contributed by atoms with Gasteiger partial charge in [-0.3, -0.25) is 4.79 Å². The number of nitrogens with one attached hydrogen (secondary N) is 1. The lowest BCUT2D eigenvalue weighted by Crippen LogP contribution is -2.26. The summed E-state index contributed by atoms with van der Waals surface area (Å²) in [6, 6.07) is 13.0. The van der Waals surface area contributed by atoms with Crippen molar-refractivity contribution in [2.75, 3.05) is 7.11 Å². The van der Waals surface area contributed by atoms with Gasteiger partial charge in [0, 0.05) is 23.9 Å². The van der Waals surface area contributed by atoms with Crippen LogP contribution in [0.3, 0.4) is 0 Å². The molecule has 0 fully saturated rings. The van der Waals surface area contributed by atoms with Crippen molar-refractivity contribution in [1.82, 2.24) is 9.29 Å². The number of hydrogen-bond acceptors (Lipinski definition) is 5. The summed E-state index contributed by atoms with van der Waals surface area (Å²) in [5.74, 6) is -0.0857. The predicted molar refractivity (Wildman–Crippen MR) is 102 cm³/mol. The van der Waals surface area contributed by atoms with Crippen molar-refractivity contribution in [3.63, 3.8) is 0 Å². The number of halogens is 1. The number of aryl methyl sites for hydroxylation is 1. The van der Waals surface area contributed by atoms with Crippen LogP contribution >= 0.6 is 10.7 Å². The van der Waals surface area contributed by atoms with Crippen LogP contribution in [0.5, 0.6) is 11.5 Å². The summed E-state index contributed by atoms with van der Waals surface area (Å²) in [5.41, 5.74) is 1.72. The third kappa shape index (κ3) is 4.17. The van der Waals surface area contributed by atoms with Gasteiger partial charge in [0.2, 0.25) is 0 Å². The predicted octanol–water partition coefficient (Wildman–Crippen LogP) is 2.98. The minimum absolute atomic E-state index is 0.110. The van der Waals surface area contributed by atoms with E-state index in [1.807, 2.05) is 30.3 Å². The molecule has 2 aromatic carbocycles. The molecule has 0 saturated heterocycles. The fourth-order valence-electron chi connectivity index (χ4n) is 2.81. The fourth-order valence-corrected chi connectivity index (χ4v) is 3.35. The number of hydrogen-bond donors (Lipinski definition) is 1. The maximum atomic E-state index is 12.4. The van der Waals surface area contributed by atoms with E-state index in [2.05, 4.69) is 0 Å². The van der Waals surface area contributed by atoms with Gasteiger partial charge < -0.3 is 14.0 Å². The Kier molecular flexibility index (Phi) is 5.29. The second-order valence-corrected chi connectivity index (χ2v) is 8.09. The minimum atomic E-state index is -4.22. The zero-order valence-electron chi connectivity index (χ0n) is 14.6. The topological polar surface area (TPSA) is 86.6 Å². The maximum Gasteiger partial charge on any atom is 0.321 e. The Morgan fingerprint density at radius 3 is 2.52 bits per heavy atom. The third-order valence-corrected chi connectivity index (χ3v) is 4.64. The van der Waals surface area contributed by atoms with E-state index in [1.54, 1.807) is 28.5 Å². The highest BCUT2D eigenvalue weighted by Crippen LogP contribution is 2.39. The van der Waals surface area contributed by atoms with Crippen molar-refractivity contribution >= 4 is 36.7 Å². The van der Waals surface area contributed by atoms with E-state index in [4.69, 9.17) is 20.2 Å². The summed E-state index contributed by atoms with van der Waals surface area (Å²) in [6.07, 6.45) is 1.51. The number of ether oxygens (including phenoxy) is 2. The molecule has 1 aromatic heterocycles. The lowest BCUT2D eigenvalue weighted by molar-refractivity contribution is 0.0983. The molecular formula is C18H17ClN2O5S. The van der Waals surface area contributed by atoms with Crippen LogP contribution in [-0.4, -0.2) is 26.0 Å². The lowest BCUT2D eigenvalue weighted by Gasteiger charge is -2.13. The van der Waals surface area contributed by atoms with Crippen LogP contribution in [0.15, 0.2) is 48.7 Å². The third-order valence-electron chi connectivity index (χ3n) is 3.98. The molecule has 27 heavy (non-hydrogen) atoms. The van der Waals surface area contributed by atoms with Crippen LogP contribution < -0.4 is 14.2 Å². The zero-order chi connectivity index (χ0) is 19.6. The van der Waals surface area contributed by atoms with Gasteiger partial charge in [0.1, 0.15) is 6.61 Å². The Labute approximate surface area is 161 Å². The highest BCUT2D eigenvalue weighted by atomic mass is 35.7. The first-order chi connectivity index (χ1) is 12.8. The zero-order valence-corrected chi connectivity index (χ0v) is 16.2. The SMILES string of the molecule is COc1ccc2c(c(C(=O)NS(=O)(=O)Cl)cn2C)c1OCc1ccccc1. The molecule has 1 heterocycles. The van der Waals surface area contributed by atoms with Gasteiger partial charge in [-0.15, -0.1) is 0 Å². The second kappa shape index (κ2) is 7.50. The maximum absolute atomic E-state index is 12.4. The number of carbonyl (C=O) groups is 1. The van der Waals surface area contributed by atoms with Gasteiger partial charge in [0.05, 0.1) is 23.6 Å². The number of nitrogens with zero attached hydrogens (tertiary/aromatic N) is 1. The average Bonchev–Trinajstić information content (AvgIpc) is 2.96. The summed E-state index contributed by atoms with van der Waals surface area (Å²) in [4.78, 5) is 12.4. The Balaban J connectivity index is 2.10. The highest BCUT2D eigenvalue weighted by molar-refractivity contribution is 8.12. The first-order valence-electron chi connectivity index (χ1n) is 7.89. The van der Waals surface area contributed by atoms with Crippen LogP contribution in [0.4, 0.5) is 0 Å². The largest absolute Gasteiger partial charge is 0.493 e. The molecule has 0 atom stereocenters. The highest BCUT2D eigenvalue weighted by Gasteiger charge is 2.23. The Morgan fingerprint density at radius 1 is 1.19 bits per heavy atom. The first kappa shape index (κ1) is 19.1. The molecule has 142 valence electrons. The van der Waals surface area contributed by atoms with Crippen LogP contribution in [0, 0.1) is 0 Å². The summed E-state index contributed by atoms with van der Waals surface area (Å²) < 4.78 is 37.3. The molecule has 0 aliphatic rings. The van der Waals surface area contributed by atoms with Gasteiger partial charge >= 0.3 is 9.24 Å². The second-order valence-electron chi connectivity index (χ2n) is 5.79. The standard InChI is InChI=1S/C18H17ClN2O5S/c1-21-10-13(18(22)20-27(19,23)24)16-14(21)8-9-15(25-2)17(16)26-11-12-6-4-3-5-7-12/h3-10H,11H2,1-2H3,(H,20,22). The summed E-state index contributed by atoms with van der Waals surface area (Å²) in [5, 5.41) is 0.436. The summed E-state index contributed by atoms with van der Waals surface area (Å²) >= 11 is 0. The van der Waals surface area contributed by atoms with Gasteiger partial charge in [0.15, 0.2) is 11.5 Å². The fraction of sp³-hybridized carbons (Fsp3) is 0.167. The van der Waals surface area contributed by atoms with Gasteiger partial charge in [-0.05, 0) is 17.7 Å². The molecule has 7 nitrogen and oxygen atoms in total. The molecule has 3 aromatic rings. The van der Waals surface area contributed by atoms with E-state index in [-0.39, 0.29) is 12.2 Å². The van der Waals surface area contributed by atoms with E-state index in [1.165, 1.54) is 13.3 Å². The van der Waals surface area contributed by atoms with E-state index < -0.39 is 15.1 Å². The molecule has 0 unspecified atom stereocenters. The van der Waals surface area contributed by atoms with Gasteiger partial charge in [-0.2, -0.15) is 8.42 Å². The number of methoxy groups -OCH3 is 1. The molecule has 0 bridgehead atoms. The summed E-state index contributed by atoms with van der Waals surface area (Å²) in [7, 11) is 4.16. The lowest BCUT2D eigenvalue weighted by atomic mass is 10.1. The molecule has 0 radical (unpaired) electrons. The van der Waals surface area contributed by atoms with Gasteiger partial charge in [-0.1, -0.05) is 30.3 Å². The van der Waals surface area contributed by atoms with E-state index >= 15 is 0 Å². The van der Waals surface area contributed by atoms with Crippen LogP contribution in [-0.2, 0) is 22.9 Å². The molecule has 1 amide bonds. The van der Waals surface area contributed by atoms with Crippen LogP contribution in [0.1, 0.15) is 15.9 Å². The van der Waals surface area contributed by atoms with E-state index in [0.29, 0.717) is 22.4 Å². The molecule has 0 aliphatic heterocycles. The van der Waals surface area contributed by atoms with Crippen molar-refractivity contribution in [2.24, 2.45) is 7.05 Å². The van der Waals surface area contributed by atoms with Crippen LogP contribution in [0.25, 0.3) is 10.9 Å². The van der Waals surface area contributed by atoms with E-state index in [0.717, 1.165) is 5.56 Å². The summed E-state index contributed by atoms with van der Waals surface area (Å²) in [6.45, 7) is 0.250. The Morgan fingerprint density at radius 2 is 1.89 bits per heavy atom. The molecule has 0 saturated carbocycles. The molecule has 1 N–H and O–H groups in total. The number of aromatic nitrogens is 1. The average molecular weight is 409 g/mol. The molecular weight excluding hydrogens is 392 g/mol. The van der Waals surface area contributed by atoms with Crippen molar-refractivity contribution in [1.29, 1.82) is 0 Å². The number of carbonyl (C=O) groups excluding carboxylic acids is 1. The molecule has 9 heteroatoms. The van der Waals surface area contributed by atoms with Crippen LogP contribution in [0.2, 0.25) is 0 Å². The number of benzene rings is 2. The van der Waals surface area contributed by atoms with Crippen molar-refractivity contribution in [2.45, 2.75) is 6.61 Å². The normalized spacial score (nSPS) is 11.4. The number of fused-ring (bicyclic) bond motifs is 1. The molecule has 3 rings (SSSR count). The number of amides is 1. The smallest absolute Gasteiger partial charge is 0.321 e. The molecule has 0 aliphatic carbocycles. The minimum Gasteiger partial charge on any atom is -0.493 e. The number of rotatable bonds is 6. The monoisotopic (exact) mass is 408 g/mol. The Hall–Kier alpha value is -2.71. The van der Waals surface area contributed by atoms with E-state index in [9.17, 15) is 13.2 Å². The quantitative estimate of drug-likeness (QED) is 0.633. The Bertz CT molecular complexity index is 1090. The van der Waals surface area contributed by atoms with Gasteiger partial charge in [-0.25, -0.2) is 4.72 Å². The molecule has 0 spiro atoms. The van der Waals surface area contributed by atoms with Crippen molar-refractivity contribution < 1.29 is 22.7 Å². The van der Waals surface area contributed by atoms with Gasteiger partial charge in [0.25, 0.3) is 5.91 Å².